The molecule has 17 heavy (non-hydrogen) atoms. The molecule has 0 bridgehead atoms. The third-order valence-electron chi connectivity index (χ3n) is 3.71. The fourth-order valence-electron chi connectivity index (χ4n) is 2.68. The van der Waals surface area contributed by atoms with E-state index in [4.69, 9.17) is 9.47 Å². The number of carbonyl (C=O) groups excluding carboxylic acids is 2. The van der Waals surface area contributed by atoms with Gasteiger partial charge < -0.3 is 14.4 Å². The summed E-state index contributed by atoms with van der Waals surface area (Å²) < 4.78 is 10.6. The Morgan fingerprint density at radius 2 is 2.18 bits per heavy atom. The van der Waals surface area contributed by atoms with Gasteiger partial charge in [-0.25, -0.2) is 0 Å². The Bertz CT molecular complexity index is 320. The SMILES string of the molecule is CCOC(=O)C1C(=O)COC12CCN(C)CC2. The molecule has 0 aromatic carbocycles. The van der Waals surface area contributed by atoms with Crippen molar-refractivity contribution >= 4 is 11.8 Å². The van der Waals surface area contributed by atoms with Gasteiger partial charge in [0.25, 0.3) is 0 Å². The van der Waals surface area contributed by atoms with E-state index in [1.807, 2.05) is 7.05 Å². The molecule has 1 unspecified atom stereocenters. The number of ether oxygens (including phenoxy) is 2. The Morgan fingerprint density at radius 1 is 1.53 bits per heavy atom. The number of ketones is 1. The molecule has 2 saturated heterocycles. The topological polar surface area (TPSA) is 55.8 Å². The number of rotatable bonds is 2. The number of Topliss-reactive ketones (excluding diaryl/α,β-unsaturated/α-hetero) is 1. The molecular weight excluding hydrogens is 222 g/mol. The van der Waals surface area contributed by atoms with E-state index in [0.717, 1.165) is 25.9 Å². The maximum absolute atomic E-state index is 11.9. The molecule has 0 amide bonds. The summed E-state index contributed by atoms with van der Waals surface area (Å²) in [6.45, 7) is 3.80. The lowest BCUT2D eigenvalue weighted by molar-refractivity contribution is -0.158. The summed E-state index contributed by atoms with van der Waals surface area (Å²) >= 11 is 0. The minimum atomic E-state index is -0.712. The molecule has 0 aromatic heterocycles. The van der Waals surface area contributed by atoms with Gasteiger partial charge in [-0.3, -0.25) is 9.59 Å². The molecule has 2 aliphatic heterocycles. The first-order valence-corrected chi connectivity index (χ1v) is 6.11. The number of piperidine rings is 1. The van der Waals surface area contributed by atoms with Crippen LogP contribution in [-0.2, 0) is 19.1 Å². The quantitative estimate of drug-likeness (QED) is 0.511. The molecule has 2 rings (SSSR count). The molecule has 0 aliphatic carbocycles. The van der Waals surface area contributed by atoms with Crippen molar-refractivity contribution in [1.82, 2.24) is 4.90 Å². The largest absolute Gasteiger partial charge is 0.465 e. The average Bonchev–Trinajstić information content (AvgIpc) is 2.61. The van der Waals surface area contributed by atoms with Crippen LogP contribution < -0.4 is 0 Å². The van der Waals surface area contributed by atoms with Gasteiger partial charge in [-0.2, -0.15) is 0 Å². The van der Waals surface area contributed by atoms with Gasteiger partial charge in [0.2, 0.25) is 0 Å². The zero-order chi connectivity index (χ0) is 12.5. The van der Waals surface area contributed by atoms with Crippen LogP contribution in [0.5, 0.6) is 0 Å². The van der Waals surface area contributed by atoms with Crippen molar-refractivity contribution in [3.63, 3.8) is 0 Å². The fraction of sp³-hybridized carbons (Fsp3) is 0.833. The van der Waals surface area contributed by atoms with Crippen LogP contribution in [-0.4, -0.2) is 55.6 Å². The number of hydrogen-bond acceptors (Lipinski definition) is 5. The predicted octanol–water partition coefficient (Wildman–Crippen LogP) is 0.229. The van der Waals surface area contributed by atoms with Gasteiger partial charge in [0, 0.05) is 13.1 Å². The molecule has 0 radical (unpaired) electrons. The van der Waals surface area contributed by atoms with Crippen LogP contribution in [0.4, 0.5) is 0 Å². The van der Waals surface area contributed by atoms with Gasteiger partial charge in [-0.15, -0.1) is 0 Å². The number of likely N-dealkylation sites (tertiary alicyclic amines) is 1. The maximum atomic E-state index is 11.9. The first-order valence-electron chi connectivity index (χ1n) is 6.11. The second kappa shape index (κ2) is 4.74. The van der Waals surface area contributed by atoms with E-state index in [0.29, 0.717) is 6.61 Å². The van der Waals surface area contributed by atoms with Gasteiger partial charge in [-0.05, 0) is 26.8 Å². The van der Waals surface area contributed by atoms with Crippen molar-refractivity contribution in [2.75, 3.05) is 33.4 Å². The lowest BCUT2D eigenvalue weighted by atomic mass is 9.79. The van der Waals surface area contributed by atoms with E-state index < -0.39 is 17.5 Å². The fourth-order valence-corrected chi connectivity index (χ4v) is 2.68. The Labute approximate surface area is 101 Å². The zero-order valence-corrected chi connectivity index (χ0v) is 10.4. The van der Waals surface area contributed by atoms with Crippen LogP contribution in [0.25, 0.3) is 0 Å². The normalized spacial score (nSPS) is 28.6. The number of esters is 1. The summed E-state index contributed by atoms with van der Waals surface area (Å²) in [6, 6.07) is 0. The molecule has 5 nitrogen and oxygen atoms in total. The molecule has 2 aliphatic rings. The molecular formula is C12H19NO4. The Balaban J connectivity index is 2.15. The van der Waals surface area contributed by atoms with Crippen molar-refractivity contribution in [3.8, 4) is 0 Å². The minimum absolute atomic E-state index is 0.0488. The molecule has 0 aromatic rings. The standard InChI is InChI=1S/C12H19NO4/c1-3-16-11(15)10-9(14)8-17-12(10)4-6-13(2)7-5-12/h10H,3-8H2,1-2H3. The van der Waals surface area contributed by atoms with Crippen molar-refractivity contribution in [2.45, 2.75) is 25.4 Å². The van der Waals surface area contributed by atoms with Crippen LogP contribution in [0.3, 0.4) is 0 Å². The summed E-state index contributed by atoms with van der Waals surface area (Å²) in [5.74, 6) is -1.26. The number of nitrogens with zero attached hydrogens (tertiary/aromatic N) is 1. The molecule has 5 heteroatoms. The summed E-state index contributed by atoms with van der Waals surface area (Å²) in [7, 11) is 2.03. The van der Waals surface area contributed by atoms with Crippen LogP contribution in [0.1, 0.15) is 19.8 Å². The maximum Gasteiger partial charge on any atom is 0.319 e. The van der Waals surface area contributed by atoms with Gasteiger partial charge in [0.15, 0.2) is 5.78 Å². The van der Waals surface area contributed by atoms with Crippen molar-refractivity contribution in [3.05, 3.63) is 0 Å². The highest BCUT2D eigenvalue weighted by atomic mass is 16.5. The molecule has 0 saturated carbocycles. The molecule has 2 heterocycles. The van der Waals surface area contributed by atoms with E-state index in [-0.39, 0.29) is 12.4 Å². The van der Waals surface area contributed by atoms with Gasteiger partial charge in [-0.1, -0.05) is 0 Å². The molecule has 0 N–H and O–H groups in total. The first-order chi connectivity index (χ1) is 8.09. The van der Waals surface area contributed by atoms with E-state index >= 15 is 0 Å². The minimum Gasteiger partial charge on any atom is -0.465 e. The molecule has 1 atom stereocenters. The molecule has 2 fully saturated rings. The smallest absolute Gasteiger partial charge is 0.319 e. The summed E-state index contributed by atoms with van der Waals surface area (Å²) in [6.07, 6.45) is 1.44. The monoisotopic (exact) mass is 241 g/mol. The highest BCUT2D eigenvalue weighted by Gasteiger charge is 2.54. The van der Waals surface area contributed by atoms with Crippen molar-refractivity contribution in [2.24, 2.45) is 5.92 Å². The first kappa shape index (κ1) is 12.5. The predicted molar refractivity (Wildman–Crippen MR) is 60.5 cm³/mol. The highest BCUT2D eigenvalue weighted by Crippen LogP contribution is 2.39. The Hall–Kier alpha value is -0.940. The molecule has 96 valence electrons. The Morgan fingerprint density at radius 3 is 2.76 bits per heavy atom. The van der Waals surface area contributed by atoms with E-state index in [9.17, 15) is 9.59 Å². The highest BCUT2D eigenvalue weighted by molar-refractivity contribution is 6.02. The third-order valence-corrected chi connectivity index (χ3v) is 3.71. The van der Waals surface area contributed by atoms with E-state index in [1.54, 1.807) is 6.92 Å². The van der Waals surface area contributed by atoms with Crippen molar-refractivity contribution < 1.29 is 19.1 Å². The zero-order valence-electron chi connectivity index (χ0n) is 10.4. The average molecular weight is 241 g/mol. The lowest BCUT2D eigenvalue weighted by Gasteiger charge is -2.39. The Kier molecular flexibility index (Phi) is 3.49. The van der Waals surface area contributed by atoms with Crippen LogP contribution in [0.2, 0.25) is 0 Å². The van der Waals surface area contributed by atoms with Crippen LogP contribution in [0, 0.1) is 5.92 Å². The van der Waals surface area contributed by atoms with Gasteiger partial charge in [0.05, 0.1) is 12.2 Å². The van der Waals surface area contributed by atoms with Gasteiger partial charge in [0.1, 0.15) is 12.5 Å². The third kappa shape index (κ3) is 2.21. The van der Waals surface area contributed by atoms with Gasteiger partial charge >= 0.3 is 5.97 Å². The lowest BCUT2D eigenvalue weighted by Crippen LogP contribution is -2.50. The second-order valence-corrected chi connectivity index (χ2v) is 4.81. The summed E-state index contributed by atoms with van der Waals surface area (Å²) in [5.41, 5.74) is -0.601. The van der Waals surface area contributed by atoms with Crippen LogP contribution >= 0.6 is 0 Å². The van der Waals surface area contributed by atoms with E-state index in [1.165, 1.54) is 0 Å². The van der Waals surface area contributed by atoms with Crippen LogP contribution in [0.15, 0.2) is 0 Å². The van der Waals surface area contributed by atoms with E-state index in [2.05, 4.69) is 4.90 Å². The summed E-state index contributed by atoms with van der Waals surface area (Å²) in [4.78, 5) is 25.9. The summed E-state index contributed by atoms with van der Waals surface area (Å²) in [5, 5.41) is 0. The second-order valence-electron chi connectivity index (χ2n) is 4.81. The van der Waals surface area contributed by atoms with Crippen molar-refractivity contribution in [1.29, 1.82) is 0 Å². The molecule has 1 spiro atoms. The number of carbonyl (C=O) groups is 2. The number of hydrogen-bond donors (Lipinski definition) is 0.